The molecule has 2 aliphatic rings. The van der Waals surface area contributed by atoms with Gasteiger partial charge in [-0.05, 0) is 45.8 Å². The SMILES string of the molecule is CN1CCC(Nc2cc(C(=O)N3CCCC(O)C3)ncn2)CC1. The van der Waals surface area contributed by atoms with E-state index in [1.54, 1.807) is 11.0 Å². The van der Waals surface area contributed by atoms with E-state index < -0.39 is 6.10 Å². The molecule has 7 heteroatoms. The number of likely N-dealkylation sites (tertiary alicyclic amines) is 2. The van der Waals surface area contributed by atoms with E-state index in [2.05, 4.69) is 27.2 Å². The fourth-order valence-electron chi connectivity index (χ4n) is 3.22. The van der Waals surface area contributed by atoms with E-state index in [0.29, 0.717) is 30.6 Å². The zero-order valence-corrected chi connectivity index (χ0v) is 13.6. The molecule has 3 rings (SSSR count). The van der Waals surface area contributed by atoms with E-state index in [9.17, 15) is 9.90 Å². The van der Waals surface area contributed by atoms with Gasteiger partial charge in [0.05, 0.1) is 6.10 Å². The second-order valence-electron chi connectivity index (χ2n) is 6.56. The van der Waals surface area contributed by atoms with Gasteiger partial charge in [-0.2, -0.15) is 0 Å². The van der Waals surface area contributed by atoms with E-state index >= 15 is 0 Å². The van der Waals surface area contributed by atoms with Gasteiger partial charge in [0.2, 0.25) is 0 Å². The standard InChI is InChI=1S/C16H25N5O2/c1-20-7-4-12(5-8-20)19-15-9-14(17-11-18-15)16(23)21-6-2-3-13(22)10-21/h9,11-13,22H,2-8,10H2,1H3,(H,17,18,19). The molecule has 23 heavy (non-hydrogen) atoms. The predicted molar refractivity (Wildman–Crippen MR) is 87.3 cm³/mol. The van der Waals surface area contributed by atoms with Gasteiger partial charge in [0.15, 0.2) is 0 Å². The van der Waals surface area contributed by atoms with Crippen molar-refractivity contribution in [1.29, 1.82) is 0 Å². The number of nitrogens with one attached hydrogen (secondary N) is 1. The summed E-state index contributed by atoms with van der Waals surface area (Å²) in [6.07, 6.45) is 4.75. The Kier molecular flexibility index (Phi) is 5.07. The molecule has 2 N–H and O–H groups in total. The quantitative estimate of drug-likeness (QED) is 0.848. The van der Waals surface area contributed by atoms with Gasteiger partial charge in [0, 0.05) is 25.2 Å². The zero-order valence-electron chi connectivity index (χ0n) is 13.6. The number of nitrogens with zero attached hydrogens (tertiary/aromatic N) is 4. The van der Waals surface area contributed by atoms with Crippen LogP contribution in [0.3, 0.4) is 0 Å². The van der Waals surface area contributed by atoms with Gasteiger partial charge in [-0.25, -0.2) is 9.97 Å². The van der Waals surface area contributed by atoms with E-state index in [-0.39, 0.29) is 5.91 Å². The maximum Gasteiger partial charge on any atom is 0.272 e. The van der Waals surface area contributed by atoms with Crippen LogP contribution in [0.2, 0.25) is 0 Å². The van der Waals surface area contributed by atoms with Crippen LogP contribution in [0, 0.1) is 0 Å². The number of aliphatic hydroxyl groups excluding tert-OH is 1. The largest absolute Gasteiger partial charge is 0.391 e. The van der Waals surface area contributed by atoms with E-state index in [4.69, 9.17) is 0 Å². The van der Waals surface area contributed by atoms with Crippen LogP contribution in [-0.2, 0) is 0 Å². The molecule has 126 valence electrons. The minimum atomic E-state index is -0.425. The number of hydrogen-bond donors (Lipinski definition) is 2. The number of carbonyl (C=O) groups is 1. The topological polar surface area (TPSA) is 81.6 Å². The van der Waals surface area contributed by atoms with Crippen molar-refractivity contribution in [1.82, 2.24) is 19.8 Å². The van der Waals surface area contributed by atoms with Crippen LogP contribution in [0.4, 0.5) is 5.82 Å². The summed E-state index contributed by atoms with van der Waals surface area (Å²) >= 11 is 0. The fourth-order valence-corrected chi connectivity index (χ4v) is 3.22. The van der Waals surface area contributed by atoms with Gasteiger partial charge in [-0.3, -0.25) is 4.79 Å². The molecule has 2 fully saturated rings. The second-order valence-corrected chi connectivity index (χ2v) is 6.56. The third-order valence-electron chi connectivity index (χ3n) is 4.64. The smallest absolute Gasteiger partial charge is 0.272 e. The molecular weight excluding hydrogens is 294 g/mol. The van der Waals surface area contributed by atoms with Crippen LogP contribution in [0.5, 0.6) is 0 Å². The third-order valence-corrected chi connectivity index (χ3v) is 4.64. The highest BCUT2D eigenvalue weighted by molar-refractivity contribution is 5.93. The summed E-state index contributed by atoms with van der Waals surface area (Å²) in [5.74, 6) is 0.577. The number of aliphatic hydroxyl groups is 1. The second kappa shape index (κ2) is 7.23. The lowest BCUT2D eigenvalue weighted by Crippen LogP contribution is -2.42. The summed E-state index contributed by atoms with van der Waals surface area (Å²) < 4.78 is 0. The molecule has 3 heterocycles. The summed E-state index contributed by atoms with van der Waals surface area (Å²) in [5, 5.41) is 13.1. The van der Waals surface area contributed by atoms with Crippen LogP contribution in [0.25, 0.3) is 0 Å². The summed E-state index contributed by atoms with van der Waals surface area (Å²) in [6, 6.07) is 2.11. The van der Waals surface area contributed by atoms with E-state index in [0.717, 1.165) is 38.8 Å². The van der Waals surface area contributed by atoms with Crippen LogP contribution in [0.15, 0.2) is 12.4 Å². The number of rotatable bonds is 3. The summed E-state index contributed by atoms with van der Waals surface area (Å²) in [5.41, 5.74) is 0.393. The minimum Gasteiger partial charge on any atom is -0.391 e. The molecule has 0 aliphatic carbocycles. The number of piperidine rings is 2. The van der Waals surface area contributed by atoms with Crippen molar-refractivity contribution in [2.24, 2.45) is 0 Å². The number of aromatic nitrogens is 2. The monoisotopic (exact) mass is 319 g/mol. The minimum absolute atomic E-state index is 0.127. The first-order valence-electron chi connectivity index (χ1n) is 8.36. The van der Waals surface area contributed by atoms with Crippen LogP contribution in [0.1, 0.15) is 36.2 Å². The van der Waals surface area contributed by atoms with Crippen molar-refractivity contribution in [3.63, 3.8) is 0 Å². The lowest BCUT2D eigenvalue weighted by atomic mass is 10.1. The number of carbonyl (C=O) groups excluding carboxylic acids is 1. The molecule has 1 aromatic heterocycles. The highest BCUT2D eigenvalue weighted by atomic mass is 16.3. The first kappa shape index (κ1) is 16.1. The maximum atomic E-state index is 12.5. The Hall–Kier alpha value is -1.73. The lowest BCUT2D eigenvalue weighted by Gasteiger charge is -2.30. The van der Waals surface area contributed by atoms with Gasteiger partial charge >= 0.3 is 0 Å². The van der Waals surface area contributed by atoms with Crippen molar-refractivity contribution in [2.45, 2.75) is 37.8 Å². The fraction of sp³-hybridized carbons (Fsp3) is 0.688. The Morgan fingerprint density at radius 1 is 1.26 bits per heavy atom. The zero-order chi connectivity index (χ0) is 16.2. The average molecular weight is 319 g/mol. The Morgan fingerprint density at radius 3 is 2.78 bits per heavy atom. The summed E-state index contributed by atoms with van der Waals surface area (Å²) in [7, 11) is 2.13. The molecule has 2 aliphatic heterocycles. The Balaban J connectivity index is 1.63. The van der Waals surface area contributed by atoms with Crippen LogP contribution >= 0.6 is 0 Å². The maximum absolute atomic E-state index is 12.5. The molecule has 7 nitrogen and oxygen atoms in total. The van der Waals surface area contributed by atoms with Gasteiger partial charge in [-0.1, -0.05) is 0 Å². The molecule has 2 saturated heterocycles. The van der Waals surface area contributed by atoms with Gasteiger partial charge in [0.1, 0.15) is 17.8 Å². The van der Waals surface area contributed by atoms with Crippen molar-refractivity contribution >= 4 is 11.7 Å². The first-order valence-corrected chi connectivity index (χ1v) is 8.36. The van der Waals surface area contributed by atoms with Crippen molar-refractivity contribution in [3.05, 3.63) is 18.1 Å². The molecule has 1 atom stereocenters. The van der Waals surface area contributed by atoms with Crippen molar-refractivity contribution in [3.8, 4) is 0 Å². The van der Waals surface area contributed by atoms with Crippen molar-refractivity contribution < 1.29 is 9.90 Å². The number of hydrogen-bond acceptors (Lipinski definition) is 6. The Bertz CT molecular complexity index is 545. The molecule has 1 amide bonds. The molecule has 1 unspecified atom stereocenters. The average Bonchev–Trinajstić information content (AvgIpc) is 2.56. The Labute approximate surface area is 136 Å². The molecule has 0 saturated carbocycles. The van der Waals surface area contributed by atoms with E-state index in [1.165, 1.54) is 6.33 Å². The van der Waals surface area contributed by atoms with Crippen LogP contribution in [-0.4, -0.2) is 76.2 Å². The third kappa shape index (κ3) is 4.17. The predicted octanol–water partition coefficient (Wildman–Crippen LogP) is 0.580. The summed E-state index contributed by atoms with van der Waals surface area (Å²) in [6.45, 7) is 3.21. The summed E-state index contributed by atoms with van der Waals surface area (Å²) in [4.78, 5) is 24.9. The number of amides is 1. The molecule has 0 aromatic carbocycles. The van der Waals surface area contributed by atoms with Gasteiger partial charge in [-0.15, -0.1) is 0 Å². The lowest BCUT2D eigenvalue weighted by molar-refractivity contribution is 0.0469. The number of anilines is 1. The van der Waals surface area contributed by atoms with Gasteiger partial charge < -0.3 is 20.2 Å². The van der Waals surface area contributed by atoms with E-state index in [1.807, 2.05) is 0 Å². The first-order chi connectivity index (χ1) is 11.1. The molecule has 0 spiro atoms. The van der Waals surface area contributed by atoms with Gasteiger partial charge in [0.25, 0.3) is 5.91 Å². The number of β-amino-alcohol motifs (C(OH)–C–C–N with tert-alkyl or cyclic N) is 1. The highest BCUT2D eigenvalue weighted by Gasteiger charge is 2.24. The molecular formula is C16H25N5O2. The molecule has 0 bridgehead atoms. The molecule has 1 aromatic rings. The molecule has 0 radical (unpaired) electrons. The Morgan fingerprint density at radius 2 is 2.04 bits per heavy atom. The highest BCUT2D eigenvalue weighted by Crippen LogP contribution is 2.17. The van der Waals surface area contributed by atoms with Crippen LogP contribution < -0.4 is 5.32 Å². The van der Waals surface area contributed by atoms with Crippen molar-refractivity contribution in [2.75, 3.05) is 38.5 Å². The normalized spacial score (nSPS) is 23.7.